The summed E-state index contributed by atoms with van der Waals surface area (Å²) < 4.78 is 24.2. The number of aromatic nitrogens is 1. The van der Waals surface area contributed by atoms with E-state index in [0.717, 1.165) is 16.9 Å². The van der Waals surface area contributed by atoms with Crippen LogP contribution < -0.4 is 29.1 Å². The first-order valence-electron chi connectivity index (χ1n) is 13.1. The average Bonchev–Trinajstić information content (AvgIpc) is 3.30. The number of nitrogens with zero attached hydrogens (tertiary/aromatic N) is 2. The Morgan fingerprint density at radius 3 is 2.41 bits per heavy atom. The van der Waals surface area contributed by atoms with Crippen LogP contribution in [0.25, 0.3) is 6.08 Å². The van der Waals surface area contributed by atoms with Crippen molar-refractivity contribution in [3.63, 3.8) is 0 Å². The molecule has 0 saturated carbocycles. The quantitative estimate of drug-likeness (QED) is 0.277. The number of rotatable bonds is 9. The summed E-state index contributed by atoms with van der Waals surface area (Å²) in [6, 6.07) is 22.1. The monoisotopic (exact) mass is 570 g/mol. The molecule has 41 heavy (non-hydrogen) atoms. The minimum absolute atomic E-state index is 0.198. The highest BCUT2D eigenvalue weighted by Gasteiger charge is 2.33. The van der Waals surface area contributed by atoms with E-state index in [1.165, 1.54) is 11.3 Å². The van der Waals surface area contributed by atoms with E-state index in [1.54, 1.807) is 44.8 Å². The third-order valence-corrected chi connectivity index (χ3v) is 7.65. The van der Waals surface area contributed by atoms with Crippen molar-refractivity contribution >= 4 is 23.4 Å². The van der Waals surface area contributed by atoms with Crippen LogP contribution in [0, 0.1) is 0 Å². The molecule has 0 N–H and O–H groups in total. The van der Waals surface area contributed by atoms with Crippen LogP contribution in [0.2, 0.25) is 0 Å². The first-order chi connectivity index (χ1) is 19.9. The number of carbonyl (C=O) groups is 1. The van der Waals surface area contributed by atoms with Crippen molar-refractivity contribution < 1.29 is 23.7 Å². The Bertz CT molecular complexity index is 1770. The van der Waals surface area contributed by atoms with Gasteiger partial charge in [-0.2, -0.15) is 0 Å². The number of hydrogen-bond acceptors (Lipinski definition) is 8. The van der Waals surface area contributed by atoms with Gasteiger partial charge < -0.3 is 18.9 Å². The molecule has 4 aromatic rings. The molecule has 210 valence electrons. The van der Waals surface area contributed by atoms with Crippen molar-refractivity contribution in [3.05, 3.63) is 120 Å². The van der Waals surface area contributed by atoms with Crippen LogP contribution in [0.5, 0.6) is 17.2 Å². The number of esters is 1. The van der Waals surface area contributed by atoms with Crippen LogP contribution >= 0.6 is 11.3 Å². The van der Waals surface area contributed by atoms with Crippen molar-refractivity contribution in [3.8, 4) is 17.2 Å². The lowest BCUT2D eigenvalue weighted by Gasteiger charge is -2.25. The minimum Gasteiger partial charge on any atom is -0.493 e. The Hall–Kier alpha value is -4.63. The Morgan fingerprint density at radius 1 is 1.00 bits per heavy atom. The number of methoxy groups -OCH3 is 2. The molecule has 0 saturated heterocycles. The molecule has 2 heterocycles. The van der Waals surface area contributed by atoms with E-state index in [0.29, 0.717) is 44.3 Å². The molecule has 0 radical (unpaired) electrons. The maximum Gasteiger partial charge on any atom is 0.338 e. The van der Waals surface area contributed by atoms with Crippen LogP contribution in [0.3, 0.4) is 0 Å². The van der Waals surface area contributed by atoms with Gasteiger partial charge in [-0.3, -0.25) is 9.36 Å². The van der Waals surface area contributed by atoms with Gasteiger partial charge in [-0.15, -0.1) is 0 Å². The molecule has 0 aliphatic carbocycles. The first-order valence-corrected chi connectivity index (χ1v) is 13.9. The predicted octanol–water partition coefficient (Wildman–Crippen LogP) is 4.39. The van der Waals surface area contributed by atoms with Crippen molar-refractivity contribution in [2.24, 2.45) is 4.99 Å². The fourth-order valence-electron chi connectivity index (χ4n) is 4.68. The third kappa shape index (κ3) is 5.81. The maximum atomic E-state index is 13.9. The summed E-state index contributed by atoms with van der Waals surface area (Å²) in [6.45, 7) is 4.17. The lowest BCUT2D eigenvalue weighted by atomic mass is 9.95. The molecular formula is C32H30N2O6S. The highest BCUT2D eigenvalue weighted by atomic mass is 32.1. The second kappa shape index (κ2) is 12.3. The highest BCUT2D eigenvalue weighted by Crippen LogP contribution is 2.36. The van der Waals surface area contributed by atoms with Gasteiger partial charge >= 0.3 is 5.97 Å². The fourth-order valence-corrected chi connectivity index (χ4v) is 5.73. The summed E-state index contributed by atoms with van der Waals surface area (Å²) in [6.07, 6.45) is 1.82. The molecule has 9 heteroatoms. The molecule has 1 aliphatic rings. The van der Waals surface area contributed by atoms with Crippen molar-refractivity contribution in [2.45, 2.75) is 26.5 Å². The van der Waals surface area contributed by atoms with E-state index < -0.39 is 12.0 Å². The van der Waals surface area contributed by atoms with Gasteiger partial charge in [0.15, 0.2) is 16.3 Å². The molecule has 1 atom stereocenters. The van der Waals surface area contributed by atoms with Gasteiger partial charge in [-0.25, -0.2) is 9.79 Å². The zero-order valence-electron chi connectivity index (χ0n) is 23.2. The highest BCUT2D eigenvalue weighted by molar-refractivity contribution is 7.07. The van der Waals surface area contributed by atoms with E-state index in [1.807, 2.05) is 66.7 Å². The second-order valence-corrected chi connectivity index (χ2v) is 10.3. The topological polar surface area (TPSA) is 88.4 Å². The average molecular weight is 571 g/mol. The third-order valence-electron chi connectivity index (χ3n) is 6.67. The van der Waals surface area contributed by atoms with E-state index in [2.05, 4.69) is 4.99 Å². The number of benzene rings is 3. The van der Waals surface area contributed by atoms with E-state index in [9.17, 15) is 9.59 Å². The smallest absolute Gasteiger partial charge is 0.338 e. The van der Waals surface area contributed by atoms with Gasteiger partial charge in [0.1, 0.15) is 12.4 Å². The van der Waals surface area contributed by atoms with Gasteiger partial charge in [-0.05, 0) is 60.9 Å². The van der Waals surface area contributed by atoms with Gasteiger partial charge in [-0.1, -0.05) is 59.9 Å². The number of thiazole rings is 1. The first kappa shape index (κ1) is 27.9. The Kier molecular flexibility index (Phi) is 8.35. The normalized spacial score (nSPS) is 14.7. The SMILES string of the molecule is CCOC(=O)C1=C(C)N=c2s/c(=C/c3ccc(OCc4ccccc4)cc3)c(=O)n2C1c1ccc(OC)c(OC)c1. The molecule has 0 bridgehead atoms. The maximum absolute atomic E-state index is 13.9. The number of allylic oxidation sites excluding steroid dienone is 1. The van der Waals surface area contributed by atoms with Crippen LogP contribution in [-0.2, 0) is 16.1 Å². The van der Waals surface area contributed by atoms with E-state index in [-0.39, 0.29) is 12.2 Å². The second-order valence-electron chi connectivity index (χ2n) is 9.26. The van der Waals surface area contributed by atoms with Crippen LogP contribution in [0.15, 0.2) is 93.9 Å². The molecular weight excluding hydrogens is 540 g/mol. The fraction of sp³-hybridized carbons (Fsp3) is 0.219. The number of ether oxygens (including phenoxy) is 4. The molecule has 0 amide bonds. The number of fused-ring (bicyclic) bond motifs is 1. The molecule has 1 unspecified atom stereocenters. The molecule has 3 aromatic carbocycles. The standard InChI is InChI=1S/C32H30N2O6S/c1-5-39-31(36)28-20(2)33-32-34(29(28)23-13-16-25(37-3)26(18-23)38-4)30(35)27(41-32)17-21-11-14-24(15-12-21)40-19-22-9-7-6-8-10-22/h6-18,29H,5,19H2,1-4H3/b27-17+. The molecule has 1 aliphatic heterocycles. The molecule has 5 rings (SSSR count). The summed E-state index contributed by atoms with van der Waals surface area (Å²) in [4.78, 5) is 32.1. The van der Waals surface area contributed by atoms with Crippen molar-refractivity contribution in [1.29, 1.82) is 0 Å². The Balaban J connectivity index is 1.54. The van der Waals surface area contributed by atoms with Gasteiger partial charge in [0, 0.05) is 0 Å². The molecule has 0 fully saturated rings. The van der Waals surface area contributed by atoms with E-state index in [4.69, 9.17) is 18.9 Å². The minimum atomic E-state index is -0.749. The molecule has 8 nitrogen and oxygen atoms in total. The summed E-state index contributed by atoms with van der Waals surface area (Å²) in [5.41, 5.74) is 3.14. The van der Waals surface area contributed by atoms with Crippen LogP contribution in [-0.4, -0.2) is 31.4 Å². The summed E-state index contributed by atoms with van der Waals surface area (Å²) >= 11 is 1.27. The summed E-state index contributed by atoms with van der Waals surface area (Å²) in [7, 11) is 3.09. The lowest BCUT2D eigenvalue weighted by Crippen LogP contribution is -2.39. The van der Waals surface area contributed by atoms with Gasteiger partial charge in [0.05, 0.1) is 42.7 Å². The Morgan fingerprint density at radius 2 is 1.73 bits per heavy atom. The van der Waals surface area contributed by atoms with E-state index >= 15 is 0 Å². The van der Waals surface area contributed by atoms with Gasteiger partial charge in [0.25, 0.3) is 5.56 Å². The summed E-state index contributed by atoms with van der Waals surface area (Å²) in [5, 5.41) is 0. The van der Waals surface area contributed by atoms with Crippen molar-refractivity contribution in [2.75, 3.05) is 20.8 Å². The number of carbonyl (C=O) groups excluding carboxylic acids is 1. The molecule has 0 spiro atoms. The zero-order chi connectivity index (χ0) is 28.9. The van der Waals surface area contributed by atoms with Crippen LogP contribution in [0.1, 0.15) is 36.6 Å². The predicted molar refractivity (Wildman–Crippen MR) is 157 cm³/mol. The van der Waals surface area contributed by atoms with Gasteiger partial charge in [0.2, 0.25) is 0 Å². The number of hydrogen-bond donors (Lipinski definition) is 0. The molecule has 1 aromatic heterocycles. The lowest BCUT2D eigenvalue weighted by molar-refractivity contribution is -0.139. The van der Waals surface area contributed by atoms with Crippen molar-refractivity contribution in [1.82, 2.24) is 4.57 Å². The van der Waals surface area contributed by atoms with Crippen LogP contribution in [0.4, 0.5) is 0 Å². The Labute approximate surface area is 241 Å². The summed E-state index contributed by atoms with van der Waals surface area (Å²) in [5.74, 6) is 1.24. The zero-order valence-corrected chi connectivity index (χ0v) is 24.1. The largest absolute Gasteiger partial charge is 0.493 e.